The van der Waals surface area contributed by atoms with E-state index in [0.29, 0.717) is 19.1 Å². The van der Waals surface area contributed by atoms with E-state index in [1.807, 2.05) is 12.1 Å². The van der Waals surface area contributed by atoms with Gasteiger partial charge < -0.3 is 9.47 Å². The molecule has 1 saturated carbocycles. The molecule has 0 saturated heterocycles. The van der Waals surface area contributed by atoms with Crippen LogP contribution < -0.4 is 0 Å². The fourth-order valence-corrected chi connectivity index (χ4v) is 3.50. The quantitative estimate of drug-likeness (QED) is 0.307. The predicted octanol–water partition coefficient (Wildman–Crippen LogP) is 5.68. The van der Waals surface area contributed by atoms with Crippen LogP contribution in [0.2, 0.25) is 0 Å². The Hall–Kier alpha value is -1.61. The van der Waals surface area contributed by atoms with Gasteiger partial charge in [-0.1, -0.05) is 69.5 Å². The molecule has 1 aromatic carbocycles. The molecular weight excluding hydrogens is 324 g/mol. The van der Waals surface area contributed by atoms with E-state index in [0.717, 1.165) is 24.2 Å². The van der Waals surface area contributed by atoms with Gasteiger partial charge in [-0.3, -0.25) is 4.79 Å². The highest BCUT2D eigenvalue weighted by Gasteiger charge is 2.61. The van der Waals surface area contributed by atoms with Crippen LogP contribution in [0.1, 0.15) is 65.0 Å². The second kappa shape index (κ2) is 9.36. The zero-order valence-corrected chi connectivity index (χ0v) is 17.0. The summed E-state index contributed by atoms with van der Waals surface area (Å²) in [4.78, 5) is 12.5. The van der Waals surface area contributed by atoms with Gasteiger partial charge in [0, 0.05) is 6.61 Å². The van der Waals surface area contributed by atoms with E-state index in [-0.39, 0.29) is 17.3 Å². The molecule has 2 atom stereocenters. The molecule has 0 aliphatic heterocycles. The van der Waals surface area contributed by atoms with Crippen molar-refractivity contribution in [3.8, 4) is 0 Å². The van der Waals surface area contributed by atoms with E-state index in [1.165, 1.54) is 18.4 Å². The molecule has 2 rings (SSSR count). The number of hydrogen-bond donors (Lipinski definition) is 0. The Labute approximate surface area is 158 Å². The maximum absolute atomic E-state index is 12.5. The third-order valence-corrected chi connectivity index (χ3v) is 5.21. The average Bonchev–Trinajstić information content (AvgIpc) is 3.12. The van der Waals surface area contributed by atoms with Gasteiger partial charge in [0.2, 0.25) is 0 Å². The Balaban J connectivity index is 1.81. The van der Waals surface area contributed by atoms with E-state index in [4.69, 9.17) is 9.47 Å². The number of esters is 1. The van der Waals surface area contributed by atoms with Crippen molar-refractivity contribution in [1.29, 1.82) is 0 Å². The van der Waals surface area contributed by atoms with Gasteiger partial charge in [0.25, 0.3) is 0 Å². The summed E-state index contributed by atoms with van der Waals surface area (Å²) >= 11 is 0. The third kappa shape index (κ3) is 5.70. The zero-order valence-electron chi connectivity index (χ0n) is 17.0. The molecule has 0 aromatic heterocycles. The SMILES string of the molecule is CCCCCOCc1cccc(COC(=O)[C@@H]2[C@@H](C=C(C)C)C2(C)C)c1. The first-order chi connectivity index (χ1) is 12.4. The lowest BCUT2D eigenvalue weighted by Crippen LogP contribution is -2.10. The smallest absolute Gasteiger partial charge is 0.310 e. The lowest BCUT2D eigenvalue weighted by atomic mass is 10.1. The minimum atomic E-state index is -0.0845. The van der Waals surface area contributed by atoms with Crippen LogP contribution >= 0.6 is 0 Å². The Bertz CT molecular complexity index is 626. The Morgan fingerprint density at radius 2 is 1.85 bits per heavy atom. The molecule has 144 valence electrons. The molecule has 0 unspecified atom stereocenters. The highest BCUT2D eigenvalue weighted by molar-refractivity contribution is 5.78. The molecule has 3 nitrogen and oxygen atoms in total. The first-order valence-corrected chi connectivity index (χ1v) is 9.83. The number of benzene rings is 1. The lowest BCUT2D eigenvalue weighted by Gasteiger charge is -2.08. The summed E-state index contributed by atoms with van der Waals surface area (Å²) < 4.78 is 11.3. The van der Waals surface area contributed by atoms with Gasteiger partial charge in [0.05, 0.1) is 12.5 Å². The standard InChI is InChI=1S/C23H34O3/c1-6-7-8-12-25-15-18-10-9-11-19(14-18)16-26-22(24)21-20(13-17(2)3)23(21,4)5/h9-11,13-14,20-21H,6-8,12,15-16H2,1-5H3/t20-,21+/m1/s1. The van der Waals surface area contributed by atoms with Crippen LogP contribution in [0.3, 0.4) is 0 Å². The molecule has 1 aliphatic carbocycles. The fraction of sp³-hybridized carbons (Fsp3) is 0.609. The molecule has 0 N–H and O–H groups in total. The van der Waals surface area contributed by atoms with Gasteiger partial charge in [-0.25, -0.2) is 0 Å². The molecule has 0 heterocycles. The highest BCUT2D eigenvalue weighted by atomic mass is 16.5. The zero-order chi connectivity index (χ0) is 19.2. The van der Waals surface area contributed by atoms with Crippen LogP contribution in [0.4, 0.5) is 0 Å². The minimum absolute atomic E-state index is 0.00251. The van der Waals surface area contributed by atoms with Crippen LogP contribution in [-0.2, 0) is 27.5 Å². The van der Waals surface area contributed by atoms with Crippen LogP contribution in [0.15, 0.2) is 35.9 Å². The molecular formula is C23H34O3. The second-order valence-corrected chi connectivity index (χ2v) is 8.26. The fourth-order valence-electron chi connectivity index (χ4n) is 3.50. The summed E-state index contributed by atoms with van der Waals surface area (Å²) in [6.07, 6.45) is 5.72. The molecule has 0 bridgehead atoms. The maximum atomic E-state index is 12.5. The molecule has 1 aliphatic rings. The van der Waals surface area contributed by atoms with Gasteiger partial charge >= 0.3 is 5.97 Å². The predicted molar refractivity (Wildman–Crippen MR) is 106 cm³/mol. The van der Waals surface area contributed by atoms with Crippen molar-refractivity contribution in [2.24, 2.45) is 17.3 Å². The highest BCUT2D eigenvalue weighted by Crippen LogP contribution is 2.59. The topological polar surface area (TPSA) is 35.5 Å². The molecule has 26 heavy (non-hydrogen) atoms. The van der Waals surface area contributed by atoms with Gasteiger partial charge in [-0.05, 0) is 42.7 Å². The van der Waals surface area contributed by atoms with Crippen molar-refractivity contribution < 1.29 is 14.3 Å². The van der Waals surface area contributed by atoms with E-state index < -0.39 is 0 Å². The average molecular weight is 359 g/mol. The molecule has 0 spiro atoms. The summed E-state index contributed by atoms with van der Waals surface area (Å²) in [6.45, 7) is 12.4. The van der Waals surface area contributed by atoms with Crippen LogP contribution in [-0.4, -0.2) is 12.6 Å². The van der Waals surface area contributed by atoms with E-state index in [1.54, 1.807) is 0 Å². The summed E-state index contributed by atoms with van der Waals surface area (Å²) in [6, 6.07) is 8.12. The van der Waals surface area contributed by atoms with Crippen molar-refractivity contribution in [3.05, 3.63) is 47.0 Å². The largest absolute Gasteiger partial charge is 0.461 e. The van der Waals surface area contributed by atoms with Crippen molar-refractivity contribution in [1.82, 2.24) is 0 Å². The van der Waals surface area contributed by atoms with Gasteiger partial charge in [-0.2, -0.15) is 0 Å². The van der Waals surface area contributed by atoms with Gasteiger partial charge in [-0.15, -0.1) is 0 Å². The monoisotopic (exact) mass is 358 g/mol. The summed E-state index contributed by atoms with van der Waals surface area (Å²) in [5, 5.41) is 0. The van der Waals surface area contributed by atoms with E-state index in [9.17, 15) is 4.79 Å². The second-order valence-electron chi connectivity index (χ2n) is 8.26. The molecule has 1 fully saturated rings. The molecule has 0 amide bonds. The number of carbonyl (C=O) groups is 1. The summed E-state index contributed by atoms with van der Waals surface area (Å²) in [5.74, 6) is 0.184. The number of hydrogen-bond acceptors (Lipinski definition) is 3. The van der Waals surface area contributed by atoms with Crippen LogP contribution in [0, 0.1) is 17.3 Å². The molecule has 1 aromatic rings. The third-order valence-electron chi connectivity index (χ3n) is 5.21. The van der Waals surface area contributed by atoms with Crippen molar-refractivity contribution >= 4 is 5.97 Å². The number of allylic oxidation sites excluding steroid dienone is 2. The number of ether oxygens (including phenoxy) is 2. The van der Waals surface area contributed by atoms with E-state index >= 15 is 0 Å². The number of unbranched alkanes of at least 4 members (excludes halogenated alkanes) is 2. The number of carbonyl (C=O) groups excluding carboxylic acids is 1. The van der Waals surface area contributed by atoms with Crippen LogP contribution in [0.5, 0.6) is 0 Å². The Kier molecular flexibility index (Phi) is 7.45. The Morgan fingerprint density at radius 3 is 2.50 bits per heavy atom. The van der Waals surface area contributed by atoms with Crippen LogP contribution in [0.25, 0.3) is 0 Å². The first kappa shape index (κ1) is 20.7. The molecule has 0 radical (unpaired) electrons. The summed E-state index contributed by atoms with van der Waals surface area (Å²) in [7, 11) is 0. The van der Waals surface area contributed by atoms with Crippen molar-refractivity contribution in [2.45, 2.75) is 67.1 Å². The van der Waals surface area contributed by atoms with Crippen molar-refractivity contribution in [3.63, 3.8) is 0 Å². The number of rotatable bonds is 10. The normalized spacial score (nSPS) is 20.5. The van der Waals surface area contributed by atoms with Crippen molar-refractivity contribution in [2.75, 3.05) is 6.61 Å². The van der Waals surface area contributed by atoms with Gasteiger partial charge in [0.1, 0.15) is 6.61 Å². The minimum Gasteiger partial charge on any atom is -0.461 e. The van der Waals surface area contributed by atoms with E-state index in [2.05, 4.69) is 52.8 Å². The first-order valence-electron chi connectivity index (χ1n) is 9.83. The Morgan fingerprint density at radius 1 is 1.15 bits per heavy atom. The molecule has 3 heteroatoms. The lowest BCUT2D eigenvalue weighted by molar-refractivity contribution is -0.147. The maximum Gasteiger partial charge on any atom is 0.310 e. The van der Waals surface area contributed by atoms with Gasteiger partial charge in [0.15, 0.2) is 0 Å². The summed E-state index contributed by atoms with van der Waals surface area (Å²) in [5.41, 5.74) is 3.40.